The van der Waals surface area contributed by atoms with E-state index in [-0.39, 0.29) is 5.91 Å². The zero-order chi connectivity index (χ0) is 14.3. The molecule has 2 atom stereocenters. The molecule has 1 fully saturated rings. The first kappa shape index (κ1) is 16.5. The smallest absolute Gasteiger partial charge is 0.223 e. The highest BCUT2D eigenvalue weighted by molar-refractivity contribution is 5.76. The topological polar surface area (TPSA) is 32.3 Å². The van der Waals surface area contributed by atoms with Crippen LogP contribution in [0, 0.1) is 11.8 Å². The minimum absolute atomic E-state index is 0.286. The Morgan fingerprint density at radius 2 is 1.84 bits per heavy atom. The van der Waals surface area contributed by atoms with E-state index in [2.05, 4.69) is 19.2 Å². The Morgan fingerprint density at radius 1 is 1.21 bits per heavy atom. The molecule has 1 saturated carbocycles. The first-order chi connectivity index (χ1) is 9.10. The van der Waals surface area contributed by atoms with Crippen molar-refractivity contribution < 1.29 is 4.79 Å². The van der Waals surface area contributed by atoms with E-state index < -0.39 is 0 Å². The van der Waals surface area contributed by atoms with Crippen molar-refractivity contribution in [1.82, 2.24) is 10.2 Å². The van der Waals surface area contributed by atoms with E-state index in [0.717, 1.165) is 31.5 Å². The largest absolute Gasteiger partial charge is 0.343 e. The van der Waals surface area contributed by atoms with Crippen LogP contribution in [0.4, 0.5) is 0 Å². The first-order valence-electron chi connectivity index (χ1n) is 8.11. The zero-order valence-electron chi connectivity index (χ0n) is 13.2. The highest BCUT2D eigenvalue weighted by Crippen LogP contribution is 2.30. The van der Waals surface area contributed by atoms with Gasteiger partial charge in [0, 0.05) is 32.1 Å². The number of amides is 1. The van der Waals surface area contributed by atoms with Crippen LogP contribution >= 0.6 is 0 Å². The van der Waals surface area contributed by atoms with Crippen LogP contribution in [0.3, 0.4) is 0 Å². The molecular weight excluding hydrogens is 236 g/mol. The molecule has 0 aliphatic heterocycles. The maximum Gasteiger partial charge on any atom is 0.223 e. The maximum absolute atomic E-state index is 11.9. The second-order valence-corrected chi connectivity index (χ2v) is 6.07. The summed E-state index contributed by atoms with van der Waals surface area (Å²) in [4.78, 5) is 13.9. The zero-order valence-corrected chi connectivity index (χ0v) is 13.2. The summed E-state index contributed by atoms with van der Waals surface area (Å²) in [6.45, 7) is 11.2. The fraction of sp³-hybridized carbons (Fsp3) is 0.938. The Hall–Kier alpha value is -0.570. The third-order valence-corrected chi connectivity index (χ3v) is 4.54. The summed E-state index contributed by atoms with van der Waals surface area (Å²) in [5.74, 6) is 1.82. The van der Waals surface area contributed by atoms with Gasteiger partial charge in [0.1, 0.15) is 0 Å². The molecule has 112 valence electrons. The minimum Gasteiger partial charge on any atom is -0.343 e. The summed E-state index contributed by atoms with van der Waals surface area (Å²) in [6, 6.07) is 0.623. The predicted octanol–water partition coefficient (Wildman–Crippen LogP) is 3.05. The van der Waals surface area contributed by atoms with Crippen molar-refractivity contribution >= 4 is 5.91 Å². The molecule has 0 bridgehead atoms. The molecule has 0 aromatic rings. The molecule has 1 rings (SSSR count). The van der Waals surface area contributed by atoms with Crippen LogP contribution in [0.25, 0.3) is 0 Å². The number of hydrogen-bond donors (Lipinski definition) is 1. The van der Waals surface area contributed by atoms with Gasteiger partial charge in [0.05, 0.1) is 0 Å². The van der Waals surface area contributed by atoms with Gasteiger partial charge in [0.15, 0.2) is 0 Å². The number of nitrogens with zero attached hydrogens (tertiary/aromatic N) is 1. The van der Waals surface area contributed by atoms with Crippen molar-refractivity contribution in [2.75, 3.05) is 19.6 Å². The Kier molecular flexibility index (Phi) is 7.44. The molecule has 0 aromatic carbocycles. The van der Waals surface area contributed by atoms with Crippen molar-refractivity contribution in [3.63, 3.8) is 0 Å². The van der Waals surface area contributed by atoms with E-state index in [1.807, 2.05) is 18.7 Å². The molecule has 0 saturated heterocycles. The minimum atomic E-state index is 0.286. The van der Waals surface area contributed by atoms with E-state index in [9.17, 15) is 4.79 Å². The normalized spacial score (nSPS) is 23.6. The van der Waals surface area contributed by atoms with Crippen LogP contribution in [-0.4, -0.2) is 36.5 Å². The molecule has 1 aliphatic carbocycles. The van der Waals surface area contributed by atoms with Crippen LogP contribution in [0.5, 0.6) is 0 Å². The maximum atomic E-state index is 11.9. The second kappa shape index (κ2) is 8.57. The van der Waals surface area contributed by atoms with Crippen molar-refractivity contribution in [1.29, 1.82) is 0 Å². The molecule has 0 aromatic heterocycles. The van der Waals surface area contributed by atoms with Gasteiger partial charge in [0.25, 0.3) is 0 Å². The fourth-order valence-electron chi connectivity index (χ4n) is 3.31. The summed E-state index contributed by atoms with van der Waals surface area (Å²) in [7, 11) is 0. The highest BCUT2D eigenvalue weighted by Gasteiger charge is 2.27. The van der Waals surface area contributed by atoms with Gasteiger partial charge in [-0.1, -0.05) is 26.7 Å². The Balaban J connectivity index is 2.32. The van der Waals surface area contributed by atoms with E-state index in [0.29, 0.717) is 12.5 Å². The van der Waals surface area contributed by atoms with Gasteiger partial charge in [-0.3, -0.25) is 4.79 Å². The Bertz CT molecular complexity index is 261. The third-order valence-electron chi connectivity index (χ3n) is 4.54. The number of hydrogen-bond acceptors (Lipinski definition) is 2. The summed E-state index contributed by atoms with van der Waals surface area (Å²) >= 11 is 0. The molecule has 19 heavy (non-hydrogen) atoms. The van der Waals surface area contributed by atoms with E-state index in [1.54, 1.807) is 0 Å². The van der Waals surface area contributed by atoms with E-state index in [4.69, 9.17) is 0 Å². The SMILES string of the molecule is CCN(CC)C(=O)CCNC1CCCCC1C(C)C. The molecule has 1 N–H and O–H groups in total. The van der Waals surface area contributed by atoms with Crippen LogP contribution in [0.15, 0.2) is 0 Å². The standard InChI is InChI=1S/C16H32N2O/c1-5-18(6-2)16(19)11-12-17-15-10-8-7-9-14(15)13(3)4/h13-15,17H,5-12H2,1-4H3. The molecule has 0 heterocycles. The van der Waals surface area contributed by atoms with Crippen LogP contribution in [-0.2, 0) is 4.79 Å². The van der Waals surface area contributed by atoms with Crippen LogP contribution < -0.4 is 5.32 Å². The summed E-state index contributed by atoms with van der Waals surface area (Å²) in [5, 5.41) is 3.64. The molecular formula is C16H32N2O. The second-order valence-electron chi connectivity index (χ2n) is 6.07. The predicted molar refractivity (Wildman–Crippen MR) is 81.1 cm³/mol. The van der Waals surface area contributed by atoms with Gasteiger partial charge in [-0.25, -0.2) is 0 Å². The van der Waals surface area contributed by atoms with Gasteiger partial charge in [-0.05, 0) is 38.5 Å². The van der Waals surface area contributed by atoms with Gasteiger partial charge in [-0.2, -0.15) is 0 Å². The Morgan fingerprint density at radius 3 is 2.42 bits per heavy atom. The number of nitrogens with one attached hydrogen (secondary N) is 1. The van der Waals surface area contributed by atoms with Crippen molar-refractivity contribution in [3.8, 4) is 0 Å². The van der Waals surface area contributed by atoms with Crippen LogP contribution in [0.2, 0.25) is 0 Å². The average molecular weight is 268 g/mol. The van der Waals surface area contributed by atoms with Gasteiger partial charge in [-0.15, -0.1) is 0 Å². The third kappa shape index (κ3) is 5.13. The van der Waals surface area contributed by atoms with Crippen molar-refractivity contribution in [2.24, 2.45) is 11.8 Å². The van der Waals surface area contributed by atoms with E-state index in [1.165, 1.54) is 25.7 Å². The molecule has 3 nitrogen and oxygen atoms in total. The van der Waals surface area contributed by atoms with Gasteiger partial charge < -0.3 is 10.2 Å². The Labute approximate surface area is 119 Å². The molecule has 1 aliphatic rings. The van der Waals surface area contributed by atoms with Gasteiger partial charge >= 0.3 is 0 Å². The quantitative estimate of drug-likeness (QED) is 0.769. The molecule has 0 radical (unpaired) electrons. The lowest BCUT2D eigenvalue weighted by Crippen LogP contribution is -2.42. The van der Waals surface area contributed by atoms with Crippen molar-refractivity contribution in [3.05, 3.63) is 0 Å². The first-order valence-corrected chi connectivity index (χ1v) is 8.11. The summed E-state index contributed by atoms with van der Waals surface area (Å²) in [6.07, 6.45) is 5.98. The summed E-state index contributed by atoms with van der Waals surface area (Å²) in [5.41, 5.74) is 0. The number of carbonyl (C=O) groups excluding carboxylic acids is 1. The van der Waals surface area contributed by atoms with Crippen LogP contribution in [0.1, 0.15) is 59.8 Å². The fourth-order valence-corrected chi connectivity index (χ4v) is 3.31. The molecule has 2 unspecified atom stereocenters. The highest BCUT2D eigenvalue weighted by atomic mass is 16.2. The van der Waals surface area contributed by atoms with Gasteiger partial charge in [0.2, 0.25) is 5.91 Å². The molecule has 3 heteroatoms. The van der Waals surface area contributed by atoms with Crippen molar-refractivity contribution in [2.45, 2.75) is 65.8 Å². The lowest BCUT2D eigenvalue weighted by atomic mass is 9.78. The average Bonchev–Trinajstić information content (AvgIpc) is 2.40. The number of carbonyl (C=O) groups is 1. The molecule has 0 spiro atoms. The summed E-state index contributed by atoms with van der Waals surface area (Å²) < 4.78 is 0. The lowest BCUT2D eigenvalue weighted by molar-refractivity contribution is -0.130. The van der Waals surface area contributed by atoms with E-state index >= 15 is 0 Å². The lowest BCUT2D eigenvalue weighted by Gasteiger charge is -2.35. The number of rotatable bonds is 7. The molecule has 1 amide bonds. The monoisotopic (exact) mass is 268 g/mol.